The Kier molecular flexibility index (Phi) is 8.04. The lowest BCUT2D eigenvalue weighted by Crippen LogP contribution is -1.73. The number of benzene rings is 1. The molecule has 0 aliphatic carbocycles. The lowest BCUT2D eigenvalue weighted by atomic mass is 10.2. The first-order valence-electron chi connectivity index (χ1n) is 4.87. The maximum atomic E-state index is 10.00. The minimum Gasteiger partial charge on any atom is -0.516 e. The summed E-state index contributed by atoms with van der Waals surface area (Å²) in [4.78, 5) is 26.8. The summed E-state index contributed by atoms with van der Waals surface area (Å²) >= 11 is 0. The van der Waals surface area contributed by atoms with Crippen LogP contribution in [0.3, 0.4) is 0 Å². The highest BCUT2D eigenvalue weighted by Gasteiger charge is 1.97. The minimum atomic E-state index is 0.426. The number of allylic oxidation sites excluding steroid dienone is 2. The van der Waals surface area contributed by atoms with Gasteiger partial charge in [-0.2, -0.15) is 9.98 Å². The molecule has 1 rings (SSSR count). The van der Waals surface area contributed by atoms with Gasteiger partial charge in [-0.25, -0.2) is 9.59 Å². The fourth-order valence-electron chi connectivity index (χ4n) is 0.951. The first-order chi connectivity index (χ1) is 8.69. The fraction of sp³-hybridized carbons (Fsp3) is 0.0769. The predicted octanol–water partition coefficient (Wildman–Crippen LogP) is 3.17. The number of carbonyl (C=O) groups excluding carboxylic acids is 2. The third-order valence-electron chi connectivity index (χ3n) is 1.76. The number of rotatable bonds is 3. The van der Waals surface area contributed by atoms with Gasteiger partial charge in [0.2, 0.25) is 12.2 Å². The monoisotopic (exact) mass is 244 g/mol. The lowest BCUT2D eigenvalue weighted by molar-refractivity contribution is 0.474. The molecule has 0 unspecified atom stereocenters. The van der Waals surface area contributed by atoms with E-state index in [1.54, 1.807) is 19.1 Å². The Bertz CT molecular complexity index is 523. The van der Waals surface area contributed by atoms with Crippen molar-refractivity contribution in [3.05, 3.63) is 48.8 Å². The van der Waals surface area contributed by atoms with Gasteiger partial charge in [-0.3, -0.25) is 0 Å². The number of aliphatic hydroxyl groups is 1. The summed E-state index contributed by atoms with van der Waals surface area (Å²) in [5.74, 6) is 0. The predicted molar refractivity (Wildman–Crippen MR) is 68.7 cm³/mol. The summed E-state index contributed by atoms with van der Waals surface area (Å²) in [6.45, 7) is 5.10. The van der Waals surface area contributed by atoms with Gasteiger partial charge in [-0.1, -0.05) is 18.7 Å². The van der Waals surface area contributed by atoms with E-state index in [1.807, 2.05) is 0 Å². The molecule has 0 bridgehead atoms. The van der Waals surface area contributed by atoms with Gasteiger partial charge in [0.25, 0.3) is 0 Å². The van der Waals surface area contributed by atoms with E-state index in [2.05, 4.69) is 16.6 Å². The third kappa shape index (κ3) is 5.98. The van der Waals surface area contributed by atoms with Crippen molar-refractivity contribution in [3.8, 4) is 0 Å². The van der Waals surface area contributed by atoms with Gasteiger partial charge in [0.05, 0.1) is 17.6 Å². The topological polar surface area (TPSA) is 79.1 Å². The zero-order chi connectivity index (χ0) is 13.8. The van der Waals surface area contributed by atoms with Crippen molar-refractivity contribution in [3.63, 3.8) is 0 Å². The van der Waals surface area contributed by atoms with Crippen LogP contribution in [-0.2, 0) is 9.59 Å². The molecular formula is C13H12N2O3. The van der Waals surface area contributed by atoms with Crippen molar-refractivity contribution in [1.29, 1.82) is 0 Å². The molecule has 92 valence electrons. The van der Waals surface area contributed by atoms with Crippen LogP contribution in [0.15, 0.2) is 53.2 Å². The Morgan fingerprint density at radius 1 is 1.28 bits per heavy atom. The highest BCUT2D eigenvalue weighted by Crippen LogP contribution is 2.23. The molecule has 0 aromatic heterocycles. The summed E-state index contributed by atoms with van der Waals surface area (Å²) in [7, 11) is 0. The molecular weight excluding hydrogens is 232 g/mol. The Morgan fingerprint density at radius 2 is 1.94 bits per heavy atom. The quantitative estimate of drug-likeness (QED) is 0.384. The summed E-state index contributed by atoms with van der Waals surface area (Å²) in [5, 5.41) is 7.81. The van der Waals surface area contributed by atoms with Crippen LogP contribution in [-0.4, -0.2) is 17.3 Å². The summed E-state index contributed by atoms with van der Waals surface area (Å²) in [6.07, 6.45) is 6.72. The lowest BCUT2D eigenvalue weighted by Gasteiger charge is -1.97. The smallest absolute Gasteiger partial charge is 0.240 e. The van der Waals surface area contributed by atoms with Crippen LogP contribution < -0.4 is 0 Å². The van der Waals surface area contributed by atoms with Crippen molar-refractivity contribution in [2.24, 2.45) is 9.98 Å². The van der Waals surface area contributed by atoms with Crippen molar-refractivity contribution in [1.82, 2.24) is 0 Å². The number of hydrogen-bond donors (Lipinski definition) is 1. The van der Waals surface area contributed by atoms with Crippen LogP contribution in [0.5, 0.6) is 0 Å². The number of aryl methyl sites for hydroxylation is 1. The van der Waals surface area contributed by atoms with Crippen LogP contribution in [0.25, 0.3) is 0 Å². The first-order valence-corrected chi connectivity index (χ1v) is 4.87. The van der Waals surface area contributed by atoms with Crippen molar-refractivity contribution >= 4 is 23.5 Å². The summed E-state index contributed by atoms with van der Waals surface area (Å²) < 4.78 is 0. The van der Waals surface area contributed by atoms with Crippen LogP contribution in [0, 0.1) is 6.92 Å². The molecule has 0 radical (unpaired) electrons. The van der Waals surface area contributed by atoms with E-state index >= 15 is 0 Å². The first kappa shape index (κ1) is 15.3. The largest absolute Gasteiger partial charge is 0.516 e. The van der Waals surface area contributed by atoms with Gasteiger partial charge in [0, 0.05) is 0 Å². The van der Waals surface area contributed by atoms with E-state index in [9.17, 15) is 9.59 Å². The van der Waals surface area contributed by atoms with E-state index in [1.165, 1.54) is 30.4 Å². The Hall–Kier alpha value is -2.74. The second-order valence-corrected chi connectivity index (χ2v) is 2.95. The standard InChI is InChI=1S/C9H6N2O2.C4H6O/c1-7-2-3-8(10-5-12)4-9(7)11-6-13;1-2-3-4-5/h2-4H,1H3;2-5H,1H2/b;4-3+. The maximum absolute atomic E-state index is 10.00. The third-order valence-corrected chi connectivity index (χ3v) is 1.76. The Balaban J connectivity index is 0.000000494. The summed E-state index contributed by atoms with van der Waals surface area (Å²) in [5.41, 5.74) is 1.72. The molecule has 0 fully saturated rings. The number of hydrogen-bond acceptors (Lipinski definition) is 5. The highest BCUT2D eigenvalue weighted by atomic mass is 16.2. The highest BCUT2D eigenvalue weighted by molar-refractivity contribution is 5.61. The molecule has 0 aliphatic rings. The van der Waals surface area contributed by atoms with Crippen LogP contribution in [0.4, 0.5) is 11.4 Å². The number of aliphatic hydroxyl groups excluding tert-OH is 1. The van der Waals surface area contributed by atoms with E-state index in [4.69, 9.17) is 5.11 Å². The van der Waals surface area contributed by atoms with Gasteiger partial charge < -0.3 is 5.11 Å². The molecule has 0 saturated carbocycles. The molecule has 1 aromatic rings. The van der Waals surface area contributed by atoms with Gasteiger partial charge in [-0.05, 0) is 30.7 Å². The summed E-state index contributed by atoms with van der Waals surface area (Å²) in [6, 6.07) is 4.88. The average molecular weight is 244 g/mol. The molecule has 0 heterocycles. The molecule has 0 atom stereocenters. The van der Waals surface area contributed by atoms with E-state index in [-0.39, 0.29) is 0 Å². The van der Waals surface area contributed by atoms with E-state index in [0.717, 1.165) is 11.8 Å². The normalized spacial score (nSPS) is 8.50. The Morgan fingerprint density at radius 3 is 2.39 bits per heavy atom. The minimum absolute atomic E-state index is 0.426. The number of aliphatic imine (C=N–C) groups is 2. The molecule has 0 saturated heterocycles. The van der Waals surface area contributed by atoms with Crippen LogP contribution >= 0.6 is 0 Å². The Labute approximate surface area is 105 Å². The van der Waals surface area contributed by atoms with Crippen LogP contribution in [0.2, 0.25) is 0 Å². The van der Waals surface area contributed by atoms with Crippen molar-refractivity contribution < 1.29 is 14.7 Å². The molecule has 0 amide bonds. The zero-order valence-electron chi connectivity index (χ0n) is 9.83. The molecule has 0 spiro atoms. The maximum Gasteiger partial charge on any atom is 0.240 e. The molecule has 1 N–H and O–H groups in total. The average Bonchev–Trinajstić information content (AvgIpc) is 2.36. The van der Waals surface area contributed by atoms with E-state index in [0.29, 0.717) is 11.4 Å². The number of nitrogens with zero attached hydrogens (tertiary/aromatic N) is 2. The van der Waals surface area contributed by atoms with Crippen molar-refractivity contribution in [2.45, 2.75) is 6.92 Å². The second kappa shape index (κ2) is 9.48. The molecule has 1 aromatic carbocycles. The molecule has 5 heteroatoms. The van der Waals surface area contributed by atoms with Gasteiger partial charge >= 0.3 is 0 Å². The van der Waals surface area contributed by atoms with Gasteiger partial charge in [0.1, 0.15) is 0 Å². The van der Waals surface area contributed by atoms with Crippen LogP contribution in [0.1, 0.15) is 5.56 Å². The van der Waals surface area contributed by atoms with Gasteiger partial charge in [-0.15, -0.1) is 0 Å². The second-order valence-electron chi connectivity index (χ2n) is 2.95. The van der Waals surface area contributed by atoms with Gasteiger partial charge in [0.15, 0.2) is 0 Å². The van der Waals surface area contributed by atoms with E-state index < -0.39 is 0 Å². The number of isocyanates is 2. The molecule has 5 nitrogen and oxygen atoms in total. The fourth-order valence-corrected chi connectivity index (χ4v) is 0.951. The zero-order valence-corrected chi connectivity index (χ0v) is 9.83. The SMILES string of the molecule is C=C/C=C/O.Cc1ccc(N=C=O)cc1N=C=O. The molecule has 0 aliphatic heterocycles. The van der Waals surface area contributed by atoms with Crippen molar-refractivity contribution in [2.75, 3.05) is 0 Å². The molecule has 18 heavy (non-hydrogen) atoms.